The highest BCUT2D eigenvalue weighted by Crippen LogP contribution is 2.14. The van der Waals surface area contributed by atoms with Crippen LogP contribution in [0.5, 0.6) is 5.75 Å². The van der Waals surface area contributed by atoms with Crippen LogP contribution in [0.1, 0.15) is 0 Å². The van der Waals surface area contributed by atoms with E-state index in [0.29, 0.717) is 13.1 Å². The third-order valence-corrected chi connectivity index (χ3v) is 2.59. The summed E-state index contributed by atoms with van der Waals surface area (Å²) in [6.45, 7) is 0.961. The second kappa shape index (κ2) is 6.07. The van der Waals surface area contributed by atoms with Crippen molar-refractivity contribution >= 4 is 5.69 Å². The molecule has 0 spiro atoms. The van der Waals surface area contributed by atoms with Gasteiger partial charge in [-0.3, -0.25) is 4.68 Å². The summed E-state index contributed by atoms with van der Waals surface area (Å²) >= 11 is 0. The van der Waals surface area contributed by atoms with Gasteiger partial charge in [0.1, 0.15) is 5.75 Å². The molecule has 18 heavy (non-hydrogen) atoms. The maximum atomic E-state index is 9.84. The van der Waals surface area contributed by atoms with Crippen molar-refractivity contribution in [1.82, 2.24) is 9.78 Å². The van der Waals surface area contributed by atoms with Gasteiger partial charge in [0.2, 0.25) is 0 Å². The van der Waals surface area contributed by atoms with Crippen LogP contribution in [0.15, 0.2) is 42.7 Å². The van der Waals surface area contributed by atoms with Gasteiger partial charge in [0, 0.05) is 24.6 Å². The Morgan fingerprint density at radius 2 is 2.17 bits per heavy atom. The van der Waals surface area contributed by atoms with E-state index < -0.39 is 6.10 Å². The molecule has 2 N–H and O–H groups in total. The van der Waals surface area contributed by atoms with Crippen molar-refractivity contribution in [2.24, 2.45) is 0 Å². The largest absolute Gasteiger partial charge is 0.497 e. The lowest BCUT2D eigenvalue weighted by atomic mass is 10.3. The lowest BCUT2D eigenvalue weighted by molar-refractivity contribution is 0.161. The molecule has 0 aliphatic heterocycles. The topological polar surface area (TPSA) is 59.3 Å². The van der Waals surface area contributed by atoms with E-state index in [9.17, 15) is 5.11 Å². The number of methoxy groups -OCH3 is 1. The number of aromatic nitrogens is 2. The Morgan fingerprint density at radius 1 is 1.39 bits per heavy atom. The summed E-state index contributed by atoms with van der Waals surface area (Å²) in [5, 5.41) is 17.0. The van der Waals surface area contributed by atoms with Crippen LogP contribution in [-0.4, -0.2) is 34.6 Å². The highest BCUT2D eigenvalue weighted by Gasteiger charge is 2.05. The number of hydrogen-bond acceptors (Lipinski definition) is 4. The molecule has 0 bridgehead atoms. The number of nitrogens with one attached hydrogen (secondary N) is 1. The lowest BCUT2D eigenvalue weighted by Crippen LogP contribution is -2.25. The van der Waals surface area contributed by atoms with Crippen molar-refractivity contribution in [2.75, 3.05) is 19.0 Å². The normalized spacial score (nSPS) is 12.1. The molecule has 0 radical (unpaired) electrons. The maximum absolute atomic E-state index is 9.84. The highest BCUT2D eigenvalue weighted by molar-refractivity contribution is 5.46. The maximum Gasteiger partial charge on any atom is 0.119 e. The van der Waals surface area contributed by atoms with Gasteiger partial charge in [-0.1, -0.05) is 0 Å². The first-order chi connectivity index (χ1) is 8.78. The Balaban J connectivity index is 1.79. The van der Waals surface area contributed by atoms with Crippen LogP contribution in [-0.2, 0) is 6.54 Å². The van der Waals surface area contributed by atoms with Gasteiger partial charge in [-0.05, 0) is 30.3 Å². The molecule has 1 unspecified atom stereocenters. The Labute approximate surface area is 106 Å². The van der Waals surface area contributed by atoms with Gasteiger partial charge in [-0.2, -0.15) is 5.10 Å². The van der Waals surface area contributed by atoms with E-state index >= 15 is 0 Å². The third-order valence-electron chi connectivity index (χ3n) is 2.59. The molecular formula is C13H17N3O2. The zero-order valence-electron chi connectivity index (χ0n) is 10.3. The zero-order valence-corrected chi connectivity index (χ0v) is 10.3. The monoisotopic (exact) mass is 247 g/mol. The summed E-state index contributed by atoms with van der Waals surface area (Å²) in [7, 11) is 1.64. The van der Waals surface area contributed by atoms with E-state index in [1.165, 1.54) is 0 Å². The number of hydrogen-bond donors (Lipinski definition) is 2. The first kappa shape index (κ1) is 12.4. The summed E-state index contributed by atoms with van der Waals surface area (Å²) in [4.78, 5) is 0. The van der Waals surface area contributed by atoms with Gasteiger partial charge < -0.3 is 15.2 Å². The predicted molar refractivity (Wildman–Crippen MR) is 69.7 cm³/mol. The molecule has 1 aromatic carbocycles. The molecule has 0 amide bonds. The van der Waals surface area contributed by atoms with Crippen LogP contribution < -0.4 is 10.1 Å². The van der Waals surface area contributed by atoms with Crippen LogP contribution in [0.25, 0.3) is 0 Å². The van der Waals surface area contributed by atoms with Crippen LogP contribution >= 0.6 is 0 Å². The van der Waals surface area contributed by atoms with Crippen molar-refractivity contribution in [2.45, 2.75) is 12.6 Å². The summed E-state index contributed by atoms with van der Waals surface area (Å²) < 4.78 is 6.78. The van der Waals surface area contributed by atoms with Crippen LogP contribution in [0.3, 0.4) is 0 Å². The number of aliphatic hydroxyl groups excluding tert-OH is 1. The van der Waals surface area contributed by atoms with E-state index in [4.69, 9.17) is 4.74 Å². The Bertz CT molecular complexity index is 454. The van der Waals surface area contributed by atoms with E-state index in [1.807, 2.05) is 36.5 Å². The van der Waals surface area contributed by atoms with Gasteiger partial charge in [-0.15, -0.1) is 0 Å². The fourth-order valence-electron chi connectivity index (χ4n) is 1.63. The molecule has 5 nitrogen and oxygen atoms in total. The molecule has 5 heteroatoms. The molecule has 96 valence electrons. The van der Waals surface area contributed by atoms with Gasteiger partial charge in [-0.25, -0.2) is 0 Å². The number of aliphatic hydroxyl groups is 1. The van der Waals surface area contributed by atoms with E-state index in [-0.39, 0.29) is 0 Å². The molecule has 0 saturated carbocycles. The third kappa shape index (κ3) is 3.49. The molecular weight excluding hydrogens is 230 g/mol. The average molecular weight is 247 g/mol. The second-order valence-corrected chi connectivity index (χ2v) is 3.99. The lowest BCUT2D eigenvalue weighted by Gasteiger charge is -2.13. The van der Waals surface area contributed by atoms with Crippen molar-refractivity contribution in [3.05, 3.63) is 42.7 Å². The standard InChI is InChI=1S/C13H17N3O2/c1-18-13-5-3-11(4-6-13)14-9-12(17)10-16-8-2-7-15-16/h2-8,12,14,17H,9-10H2,1H3. The van der Waals surface area contributed by atoms with Crippen molar-refractivity contribution < 1.29 is 9.84 Å². The van der Waals surface area contributed by atoms with Gasteiger partial charge in [0.15, 0.2) is 0 Å². The van der Waals surface area contributed by atoms with Crippen molar-refractivity contribution in [3.63, 3.8) is 0 Å². The molecule has 2 rings (SSSR count). The second-order valence-electron chi connectivity index (χ2n) is 3.99. The minimum Gasteiger partial charge on any atom is -0.497 e. The predicted octanol–water partition coefficient (Wildman–Crippen LogP) is 1.36. The fraction of sp³-hybridized carbons (Fsp3) is 0.308. The summed E-state index contributed by atoms with van der Waals surface area (Å²) in [5.41, 5.74) is 0.954. The molecule has 0 fully saturated rings. The first-order valence-corrected chi connectivity index (χ1v) is 5.81. The van der Waals surface area contributed by atoms with Crippen LogP contribution in [0.4, 0.5) is 5.69 Å². The number of rotatable bonds is 6. The quantitative estimate of drug-likeness (QED) is 0.809. The SMILES string of the molecule is COc1ccc(NCC(O)Cn2cccn2)cc1. The zero-order chi connectivity index (χ0) is 12.8. The minimum absolute atomic E-state index is 0.478. The van der Waals surface area contributed by atoms with Crippen molar-refractivity contribution in [3.8, 4) is 5.75 Å². The summed E-state index contributed by atoms with van der Waals surface area (Å²) in [6.07, 6.45) is 3.05. The molecule has 0 aliphatic rings. The van der Waals surface area contributed by atoms with Gasteiger partial charge in [0.25, 0.3) is 0 Å². The highest BCUT2D eigenvalue weighted by atomic mass is 16.5. The number of benzene rings is 1. The summed E-state index contributed by atoms with van der Waals surface area (Å²) in [6, 6.07) is 9.42. The number of nitrogens with zero attached hydrogens (tertiary/aromatic N) is 2. The average Bonchev–Trinajstić information content (AvgIpc) is 2.90. The molecule has 1 aromatic heterocycles. The number of anilines is 1. The van der Waals surface area contributed by atoms with E-state index in [1.54, 1.807) is 18.0 Å². The Morgan fingerprint density at radius 3 is 2.78 bits per heavy atom. The van der Waals surface area contributed by atoms with Gasteiger partial charge >= 0.3 is 0 Å². The Hall–Kier alpha value is -2.01. The molecule has 2 aromatic rings. The minimum atomic E-state index is -0.480. The van der Waals surface area contributed by atoms with Crippen molar-refractivity contribution in [1.29, 1.82) is 0 Å². The van der Waals surface area contributed by atoms with Gasteiger partial charge in [0.05, 0.1) is 19.8 Å². The van der Waals surface area contributed by atoms with Crippen LogP contribution in [0, 0.1) is 0 Å². The summed E-state index contributed by atoms with van der Waals surface area (Å²) in [5.74, 6) is 0.817. The molecule has 0 aliphatic carbocycles. The van der Waals surface area contributed by atoms with Crippen LogP contribution in [0.2, 0.25) is 0 Å². The fourth-order valence-corrected chi connectivity index (χ4v) is 1.63. The smallest absolute Gasteiger partial charge is 0.119 e. The molecule has 1 heterocycles. The van der Waals surface area contributed by atoms with E-state index in [0.717, 1.165) is 11.4 Å². The number of ether oxygens (including phenoxy) is 1. The van der Waals surface area contributed by atoms with E-state index in [2.05, 4.69) is 10.4 Å². The Kier molecular flexibility index (Phi) is 4.20. The molecule has 1 atom stereocenters. The molecule has 0 saturated heterocycles. The first-order valence-electron chi connectivity index (χ1n) is 5.81.